The number of amides is 1. The van der Waals surface area contributed by atoms with E-state index in [-0.39, 0.29) is 10.8 Å². The molecule has 0 aliphatic carbocycles. The summed E-state index contributed by atoms with van der Waals surface area (Å²) in [4.78, 5) is 15.2. The van der Waals surface area contributed by atoms with E-state index in [0.29, 0.717) is 25.3 Å². The summed E-state index contributed by atoms with van der Waals surface area (Å²) in [5.41, 5.74) is 0.641. The van der Waals surface area contributed by atoms with Gasteiger partial charge in [-0.25, -0.2) is 8.42 Å². The van der Waals surface area contributed by atoms with E-state index in [1.54, 1.807) is 24.3 Å². The quantitative estimate of drug-likeness (QED) is 0.710. The van der Waals surface area contributed by atoms with Crippen LogP contribution in [0, 0.1) is 0 Å². The number of carbonyl (C=O) groups excluding carboxylic acids is 1. The highest BCUT2D eigenvalue weighted by Crippen LogP contribution is 2.21. The largest absolute Gasteiger partial charge is 0.321 e. The van der Waals surface area contributed by atoms with Crippen LogP contribution in [0.3, 0.4) is 0 Å². The van der Waals surface area contributed by atoms with Crippen molar-refractivity contribution >= 4 is 21.6 Å². The molecular formula is C18H29N4O3S+. The fraction of sp³-hybridized carbons (Fsp3) is 0.611. The van der Waals surface area contributed by atoms with Gasteiger partial charge in [0, 0.05) is 38.4 Å². The van der Waals surface area contributed by atoms with Crippen molar-refractivity contribution in [3.63, 3.8) is 0 Å². The smallest absolute Gasteiger partial charge is 0.279 e. The first-order valence-corrected chi connectivity index (χ1v) is 10.8. The van der Waals surface area contributed by atoms with Gasteiger partial charge in [-0.2, -0.15) is 4.31 Å². The predicted molar refractivity (Wildman–Crippen MR) is 101 cm³/mol. The van der Waals surface area contributed by atoms with Crippen LogP contribution in [0.2, 0.25) is 0 Å². The van der Waals surface area contributed by atoms with Crippen molar-refractivity contribution in [3.8, 4) is 0 Å². The van der Waals surface area contributed by atoms with Crippen molar-refractivity contribution in [3.05, 3.63) is 24.3 Å². The number of benzene rings is 1. The van der Waals surface area contributed by atoms with Crippen molar-refractivity contribution in [1.82, 2.24) is 9.21 Å². The minimum Gasteiger partial charge on any atom is -0.321 e. The number of anilines is 1. The zero-order chi connectivity index (χ0) is 18.8. The summed E-state index contributed by atoms with van der Waals surface area (Å²) < 4.78 is 27.3. The van der Waals surface area contributed by atoms with Gasteiger partial charge in [0.2, 0.25) is 10.0 Å². The molecule has 3 aliphatic heterocycles. The molecular weight excluding hydrogens is 352 g/mol. The third kappa shape index (κ3) is 3.93. The third-order valence-electron chi connectivity index (χ3n) is 5.63. The molecule has 2 bridgehead atoms. The first-order valence-electron chi connectivity index (χ1n) is 9.36. The fourth-order valence-electron chi connectivity index (χ4n) is 3.90. The van der Waals surface area contributed by atoms with Gasteiger partial charge in [-0.1, -0.05) is 13.8 Å². The van der Waals surface area contributed by atoms with Gasteiger partial charge in [0.25, 0.3) is 5.91 Å². The monoisotopic (exact) mass is 381 g/mol. The Bertz CT molecular complexity index is 722. The molecule has 0 unspecified atom stereocenters. The summed E-state index contributed by atoms with van der Waals surface area (Å²) >= 11 is 0. The second kappa shape index (κ2) is 7.64. The average Bonchev–Trinajstić information content (AvgIpc) is 2.64. The number of carbonyl (C=O) groups is 1. The molecule has 1 N–H and O–H groups in total. The normalized spacial score (nSPS) is 25.4. The van der Waals surface area contributed by atoms with Crippen LogP contribution in [0.4, 0.5) is 5.69 Å². The number of hydrogen-bond donors (Lipinski definition) is 1. The number of hydrogen-bond acceptors (Lipinski definition) is 4. The van der Waals surface area contributed by atoms with Crippen molar-refractivity contribution in [2.75, 3.05) is 64.2 Å². The third-order valence-corrected chi connectivity index (χ3v) is 7.70. The van der Waals surface area contributed by atoms with Crippen molar-refractivity contribution in [2.24, 2.45) is 0 Å². The van der Waals surface area contributed by atoms with Crippen molar-refractivity contribution in [2.45, 2.75) is 18.7 Å². The van der Waals surface area contributed by atoms with Crippen LogP contribution in [0.1, 0.15) is 13.8 Å². The van der Waals surface area contributed by atoms with Gasteiger partial charge in [0.15, 0.2) is 6.54 Å². The van der Waals surface area contributed by atoms with E-state index in [1.807, 2.05) is 13.8 Å². The lowest BCUT2D eigenvalue weighted by Crippen LogP contribution is -2.68. The minimum atomic E-state index is -3.46. The maximum absolute atomic E-state index is 12.5. The van der Waals surface area contributed by atoms with Crippen LogP contribution >= 0.6 is 0 Å². The minimum absolute atomic E-state index is 0.000278. The topological polar surface area (TPSA) is 69.7 Å². The number of quaternary nitrogens is 1. The molecule has 7 nitrogen and oxygen atoms in total. The van der Waals surface area contributed by atoms with Crippen molar-refractivity contribution in [1.29, 1.82) is 0 Å². The molecule has 3 fully saturated rings. The lowest BCUT2D eigenvalue weighted by molar-refractivity contribution is -0.933. The van der Waals surface area contributed by atoms with Gasteiger partial charge in [-0.05, 0) is 24.3 Å². The Hall–Kier alpha value is -1.48. The average molecular weight is 382 g/mol. The van der Waals surface area contributed by atoms with E-state index in [9.17, 15) is 13.2 Å². The molecule has 1 aromatic rings. The summed E-state index contributed by atoms with van der Waals surface area (Å²) in [5.74, 6) is -0.000278. The van der Waals surface area contributed by atoms with Gasteiger partial charge in [-0.3, -0.25) is 9.69 Å². The SMILES string of the molecule is CCN(CC)S(=O)(=O)c1ccc(NC(=O)C[N+]23CCN(CC2)CC3)cc1. The lowest BCUT2D eigenvalue weighted by Gasteiger charge is -2.50. The molecule has 0 atom stereocenters. The highest BCUT2D eigenvalue weighted by molar-refractivity contribution is 7.89. The Morgan fingerprint density at radius 3 is 2.12 bits per heavy atom. The van der Waals surface area contributed by atoms with Gasteiger partial charge in [0.05, 0.1) is 24.5 Å². The zero-order valence-electron chi connectivity index (χ0n) is 15.6. The number of sulfonamides is 1. The van der Waals surface area contributed by atoms with Gasteiger partial charge < -0.3 is 9.80 Å². The van der Waals surface area contributed by atoms with E-state index in [2.05, 4.69) is 10.2 Å². The second-order valence-corrected chi connectivity index (χ2v) is 9.11. The second-order valence-electron chi connectivity index (χ2n) is 7.17. The molecule has 4 rings (SSSR count). The van der Waals surface area contributed by atoms with E-state index in [1.165, 1.54) is 4.31 Å². The van der Waals surface area contributed by atoms with E-state index < -0.39 is 10.0 Å². The summed E-state index contributed by atoms with van der Waals surface area (Å²) in [7, 11) is -3.46. The summed E-state index contributed by atoms with van der Waals surface area (Å²) in [6.45, 7) is 11.3. The fourth-order valence-corrected chi connectivity index (χ4v) is 5.35. The lowest BCUT2D eigenvalue weighted by atomic mass is 10.1. The molecule has 0 saturated carbocycles. The van der Waals surface area contributed by atoms with Crippen LogP contribution < -0.4 is 5.32 Å². The van der Waals surface area contributed by atoms with Crippen LogP contribution in [0.15, 0.2) is 29.2 Å². The van der Waals surface area contributed by atoms with Gasteiger partial charge in [0.1, 0.15) is 0 Å². The van der Waals surface area contributed by atoms with Crippen LogP contribution in [-0.4, -0.2) is 86.9 Å². The Balaban J connectivity index is 1.63. The Kier molecular flexibility index (Phi) is 5.67. The maximum atomic E-state index is 12.5. The molecule has 3 saturated heterocycles. The van der Waals surface area contributed by atoms with E-state index >= 15 is 0 Å². The number of nitrogens with zero attached hydrogens (tertiary/aromatic N) is 3. The zero-order valence-corrected chi connectivity index (χ0v) is 16.5. The molecule has 8 heteroatoms. The van der Waals surface area contributed by atoms with Crippen molar-refractivity contribution < 1.29 is 17.7 Å². The number of rotatable bonds is 7. The molecule has 3 aliphatic rings. The van der Waals surface area contributed by atoms with E-state index in [4.69, 9.17) is 0 Å². The number of nitrogens with one attached hydrogen (secondary N) is 1. The first-order chi connectivity index (χ1) is 12.4. The van der Waals surface area contributed by atoms with Crippen LogP contribution in [0.5, 0.6) is 0 Å². The maximum Gasteiger partial charge on any atom is 0.279 e. The standard InChI is InChI=1S/C18H28N4O3S/c1-3-21(4-2)26(24,25)17-7-5-16(6-8-17)19-18(23)15-22-12-9-20(10-13-22)11-14-22/h5-8H,3-4,9-15H2,1-2H3/p+1. The summed E-state index contributed by atoms with van der Waals surface area (Å²) in [5, 5.41) is 2.92. The highest BCUT2D eigenvalue weighted by Gasteiger charge is 2.39. The Morgan fingerprint density at radius 1 is 1.08 bits per heavy atom. The Morgan fingerprint density at radius 2 is 1.62 bits per heavy atom. The molecule has 0 spiro atoms. The molecule has 0 aromatic heterocycles. The van der Waals surface area contributed by atoms with Crippen LogP contribution in [-0.2, 0) is 14.8 Å². The molecule has 144 valence electrons. The molecule has 3 heterocycles. The first kappa shape index (κ1) is 19.3. The number of fused-ring (bicyclic) bond motifs is 3. The molecule has 1 amide bonds. The summed E-state index contributed by atoms with van der Waals surface area (Å²) in [6, 6.07) is 6.47. The molecule has 26 heavy (non-hydrogen) atoms. The predicted octanol–water partition coefficient (Wildman–Crippen LogP) is 0.802. The van der Waals surface area contributed by atoms with Gasteiger partial charge >= 0.3 is 0 Å². The Labute approximate surface area is 156 Å². The van der Waals surface area contributed by atoms with Crippen LogP contribution in [0.25, 0.3) is 0 Å². The number of piperazine rings is 3. The highest BCUT2D eigenvalue weighted by atomic mass is 32.2. The molecule has 0 radical (unpaired) electrons. The van der Waals surface area contributed by atoms with Gasteiger partial charge in [-0.15, -0.1) is 0 Å². The van der Waals surface area contributed by atoms with E-state index in [0.717, 1.165) is 43.8 Å². The molecule has 1 aromatic carbocycles. The summed E-state index contributed by atoms with van der Waals surface area (Å²) in [6.07, 6.45) is 0.